The van der Waals surface area contributed by atoms with Crippen LogP contribution in [0.2, 0.25) is 0 Å². The number of aromatic amines is 1. The van der Waals surface area contributed by atoms with Gasteiger partial charge in [-0.25, -0.2) is 4.98 Å². The SMILES string of the molecule is CC(C)(c1nccs1)n1cc[nH]c1=S. The van der Waals surface area contributed by atoms with Crippen molar-refractivity contribution in [2.24, 2.45) is 0 Å². The Labute approximate surface area is 91.4 Å². The predicted molar refractivity (Wildman–Crippen MR) is 60.2 cm³/mol. The van der Waals surface area contributed by atoms with E-state index in [0.29, 0.717) is 0 Å². The smallest absolute Gasteiger partial charge is 0.177 e. The lowest BCUT2D eigenvalue weighted by molar-refractivity contribution is 0.428. The Bertz CT molecular complexity index is 464. The molecule has 0 bridgehead atoms. The fourth-order valence-electron chi connectivity index (χ4n) is 1.39. The summed E-state index contributed by atoms with van der Waals surface area (Å²) < 4.78 is 2.74. The molecular formula is C9H11N3S2. The van der Waals surface area contributed by atoms with E-state index in [-0.39, 0.29) is 5.54 Å². The van der Waals surface area contributed by atoms with Crippen molar-refractivity contribution in [1.29, 1.82) is 0 Å². The Balaban J connectivity index is 2.53. The van der Waals surface area contributed by atoms with Crippen molar-refractivity contribution < 1.29 is 0 Å². The average Bonchev–Trinajstić information content (AvgIpc) is 2.72. The van der Waals surface area contributed by atoms with Gasteiger partial charge in [0.25, 0.3) is 0 Å². The van der Waals surface area contributed by atoms with Crippen LogP contribution in [0.1, 0.15) is 18.9 Å². The minimum atomic E-state index is -0.175. The van der Waals surface area contributed by atoms with Gasteiger partial charge in [-0.15, -0.1) is 11.3 Å². The van der Waals surface area contributed by atoms with Crippen LogP contribution in [0.25, 0.3) is 0 Å². The van der Waals surface area contributed by atoms with E-state index in [0.717, 1.165) is 9.78 Å². The number of rotatable bonds is 2. The Morgan fingerprint density at radius 2 is 2.36 bits per heavy atom. The molecule has 2 heterocycles. The Kier molecular flexibility index (Phi) is 2.28. The molecule has 0 saturated heterocycles. The predicted octanol–water partition coefficient (Wildman–Crippen LogP) is 2.79. The topological polar surface area (TPSA) is 33.6 Å². The van der Waals surface area contributed by atoms with Gasteiger partial charge in [-0.2, -0.15) is 0 Å². The fourth-order valence-corrected chi connectivity index (χ4v) is 2.51. The summed E-state index contributed by atoms with van der Waals surface area (Å²) in [6.45, 7) is 4.21. The minimum absolute atomic E-state index is 0.175. The molecule has 0 amide bonds. The van der Waals surface area contributed by atoms with Crippen LogP contribution in [-0.4, -0.2) is 14.5 Å². The zero-order chi connectivity index (χ0) is 10.2. The summed E-state index contributed by atoms with van der Waals surface area (Å²) in [6.07, 6.45) is 5.61. The number of thiazole rings is 1. The molecule has 0 spiro atoms. The first-order valence-electron chi connectivity index (χ1n) is 4.29. The molecule has 2 aromatic heterocycles. The van der Waals surface area contributed by atoms with Crippen molar-refractivity contribution in [3.05, 3.63) is 33.7 Å². The summed E-state index contributed by atoms with van der Waals surface area (Å²) in [6, 6.07) is 0. The Morgan fingerprint density at radius 3 is 2.86 bits per heavy atom. The van der Waals surface area contributed by atoms with Crippen LogP contribution in [0.5, 0.6) is 0 Å². The van der Waals surface area contributed by atoms with Gasteiger partial charge in [0.2, 0.25) is 0 Å². The van der Waals surface area contributed by atoms with E-state index in [4.69, 9.17) is 12.2 Å². The molecule has 0 unspecified atom stereocenters. The van der Waals surface area contributed by atoms with E-state index in [1.165, 1.54) is 0 Å². The van der Waals surface area contributed by atoms with Gasteiger partial charge in [0.1, 0.15) is 5.01 Å². The highest BCUT2D eigenvalue weighted by molar-refractivity contribution is 7.71. The van der Waals surface area contributed by atoms with Gasteiger partial charge in [0, 0.05) is 24.0 Å². The van der Waals surface area contributed by atoms with E-state index < -0.39 is 0 Å². The maximum Gasteiger partial charge on any atom is 0.177 e. The van der Waals surface area contributed by atoms with E-state index in [2.05, 4.69) is 23.8 Å². The number of hydrogen-bond donors (Lipinski definition) is 1. The second-order valence-corrected chi connectivity index (χ2v) is 4.81. The molecule has 0 aliphatic rings. The van der Waals surface area contributed by atoms with Crippen LogP contribution < -0.4 is 0 Å². The van der Waals surface area contributed by atoms with Gasteiger partial charge in [-0.1, -0.05) is 0 Å². The first-order valence-corrected chi connectivity index (χ1v) is 5.57. The molecule has 0 radical (unpaired) electrons. The van der Waals surface area contributed by atoms with Gasteiger partial charge in [-0.3, -0.25) is 0 Å². The normalized spacial score (nSPS) is 11.9. The molecule has 3 nitrogen and oxygen atoms in total. The summed E-state index contributed by atoms with van der Waals surface area (Å²) in [4.78, 5) is 7.31. The zero-order valence-corrected chi connectivity index (χ0v) is 9.65. The lowest BCUT2D eigenvalue weighted by Gasteiger charge is -2.23. The van der Waals surface area contributed by atoms with Crippen molar-refractivity contribution in [1.82, 2.24) is 14.5 Å². The first-order chi connectivity index (χ1) is 6.62. The van der Waals surface area contributed by atoms with E-state index >= 15 is 0 Å². The van der Waals surface area contributed by atoms with Crippen molar-refractivity contribution >= 4 is 23.6 Å². The average molecular weight is 225 g/mol. The highest BCUT2D eigenvalue weighted by Gasteiger charge is 2.25. The monoisotopic (exact) mass is 225 g/mol. The van der Waals surface area contributed by atoms with Gasteiger partial charge < -0.3 is 9.55 Å². The third kappa shape index (κ3) is 1.42. The van der Waals surface area contributed by atoms with Crippen LogP contribution >= 0.6 is 23.6 Å². The van der Waals surface area contributed by atoms with Crippen LogP contribution in [-0.2, 0) is 5.54 Å². The Morgan fingerprint density at radius 1 is 1.57 bits per heavy atom. The maximum atomic E-state index is 5.19. The summed E-state index contributed by atoms with van der Waals surface area (Å²) >= 11 is 6.84. The number of hydrogen-bond acceptors (Lipinski definition) is 3. The number of nitrogens with one attached hydrogen (secondary N) is 1. The molecular weight excluding hydrogens is 214 g/mol. The third-order valence-corrected chi connectivity index (χ3v) is 3.61. The standard InChI is InChI=1S/C9H11N3S2/c1-9(2,7-10-4-6-14-7)12-5-3-11-8(12)13/h3-6H,1-2H3,(H,11,13). The summed E-state index contributed by atoms with van der Waals surface area (Å²) in [7, 11) is 0. The van der Waals surface area contributed by atoms with Crippen molar-refractivity contribution in [3.8, 4) is 0 Å². The van der Waals surface area contributed by atoms with E-state index in [9.17, 15) is 0 Å². The highest BCUT2D eigenvalue weighted by Crippen LogP contribution is 2.26. The maximum absolute atomic E-state index is 5.19. The number of aromatic nitrogens is 3. The lowest BCUT2D eigenvalue weighted by atomic mass is 10.1. The lowest BCUT2D eigenvalue weighted by Crippen LogP contribution is -2.26. The second kappa shape index (κ2) is 3.33. The summed E-state index contributed by atoms with van der Waals surface area (Å²) in [5, 5.41) is 3.04. The largest absolute Gasteiger partial charge is 0.337 e. The van der Waals surface area contributed by atoms with Crippen LogP contribution in [0.4, 0.5) is 0 Å². The quantitative estimate of drug-likeness (QED) is 0.797. The van der Waals surface area contributed by atoms with Gasteiger partial charge in [0.15, 0.2) is 4.77 Å². The summed E-state index contributed by atoms with van der Waals surface area (Å²) in [5.41, 5.74) is -0.175. The van der Waals surface area contributed by atoms with Crippen molar-refractivity contribution in [2.75, 3.05) is 0 Å². The number of H-pyrrole nitrogens is 1. The molecule has 2 rings (SSSR count). The molecule has 2 aromatic rings. The molecule has 0 aliphatic heterocycles. The molecule has 14 heavy (non-hydrogen) atoms. The molecule has 1 N–H and O–H groups in total. The Hall–Kier alpha value is -0.940. The van der Waals surface area contributed by atoms with Gasteiger partial charge in [0.05, 0.1) is 5.54 Å². The molecule has 0 atom stereocenters. The van der Waals surface area contributed by atoms with E-state index in [1.807, 2.05) is 28.5 Å². The van der Waals surface area contributed by atoms with Crippen LogP contribution in [0.3, 0.4) is 0 Å². The zero-order valence-electron chi connectivity index (χ0n) is 8.02. The molecule has 74 valence electrons. The van der Waals surface area contributed by atoms with Gasteiger partial charge >= 0.3 is 0 Å². The summed E-state index contributed by atoms with van der Waals surface area (Å²) in [5.74, 6) is 0. The number of nitrogens with zero attached hydrogens (tertiary/aromatic N) is 2. The van der Waals surface area contributed by atoms with Crippen molar-refractivity contribution in [3.63, 3.8) is 0 Å². The van der Waals surface area contributed by atoms with Gasteiger partial charge in [-0.05, 0) is 26.1 Å². The van der Waals surface area contributed by atoms with E-state index in [1.54, 1.807) is 11.3 Å². The number of imidazole rings is 1. The molecule has 0 aromatic carbocycles. The van der Waals surface area contributed by atoms with Crippen LogP contribution in [0, 0.1) is 4.77 Å². The molecule has 0 saturated carbocycles. The highest BCUT2D eigenvalue weighted by atomic mass is 32.1. The minimum Gasteiger partial charge on any atom is -0.337 e. The molecule has 5 heteroatoms. The molecule has 0 aliphatic carbocycles. The van der Waals surface area contributed by atoms with Crippen LogP contribution in [0.15, 0.2) is 24.0 Å². The van der Waals surface area contributed by atoms with Crippen molar-refractivity contribution in [2.45, 2.75) is 19.4 Å². The fraction of sp³-hybridized carbons (Fsp3) is 0.333. The molecule has 0 fully saturated rings. The first kappa shape index (κ1) is 9.61. The third-order valence-electron chi connectivity index (χ3n) is 2.21. The second-order valence-electron chi connectivity index (χ2n) is 3.53.